The first-order valence-electron chi connectivity index (χ1n) is 9.71. The summed E-state index contributed by atoms with van der Waals surface area (Å²) in [5.41, 5.74) is 10.4. The average Bonchev–Trinajstić information content (AvgIpc) is 2.67. The maximum Gasteiger partial charge on any atom is 0.222 e. The number of benzene rings is 2. The van der Waals surface area contributed by atoms with Crippen LogP contribution in [0.3, 0.4) is 0 Å². The molecule has 1 aliphatic rings. The maximum absolute atomic E-state index is 11.4. The molecule has 5 nitrogen and oxygen atoms in total. The van der Waals surface area contributed by atoms with Crippen molar-refractivity contribution in [1.82, 2.24) is 4.98 Å². The molecule has 1 aromatic heterocycles. The van der Waals surface area contributed by atoms with E-state index in [9.17, 15) is 9.90 Å². The quantitative estimate of drug-likeness (QED) is 0.630. The molecular formula is C24H25N3O2. The Balaban J connectivity index is 1.72. The van der Waals surface area contributed by atoms with Crippen LogP contribution in [0.1, 0.15) is 32.3 Å². The molecule has 0 atom stereocenters. The Morgan fingerprint density at radius 1 is 1.03 bits per heavy atom. The molecule has 0 radical (unpaired) electrons. The molecule has 1 fully saturated rings. The molecule has 1 aliphatic carbocycles. The van der Waals surface area contributed by atoms with E-state index in [1.807, 2.05) is 67.6 Å². The molecule has 0 aliphatic heterocycles. The van der Waals surface area contributed by atoms with Gasteiger partial charge in [-0.3, -0.25) is 4.79 Å². The average molecular weight is 387 g/mol. The van der Waals surface area contributed by atoms with E-state index in [1.165, 1.54) is 6.92 Å². The fourth-order valence-electron chi connectivity index (χ4n) is 4.28. The van der Waals surface area contributed by atoms with Gasteiger partial charge in [-0.2, -0.15) is 0 Å². The van der Waals surface area contributed by atoms with E-state index in [1.54, 1.807) is 6.20 Å². The van der Waals surface area contributed by atoms with Crippen LogP contribution in [0.5, 0.6) is 0 Å². The molecule has 1 amide bonds. The molecule has 0 spiro atoms. The van der Waals surface area contributed by atoms with E-state index in [-0.39, 0.29) is 5.91 Å². The first-order chi connectivity index (χ1) is 13.8. The molecule has 29 heavy (non-hydrogen) atoms. The van der Waals surface area contributed by atoms with Crippen molar-refractivity contribution < 1.29 is 9.90 Å². The minimum atomic E-state index is -0.683. The summed E-state index contributed by atoms with van der Waals surface area (Å²) in [7, 11) is 0. The topological polar surface area (TPSA) is 88.2 Å². The third-order valence-corrected chi connectivity index (χ3v) is 5.46. The van der Waals surface area contributed by atoms with Gasteiger partial charge in [0.2, 0.25) is 5.91 Å². The summed E-state index contributed by atoms with van der Waals surface area (Å²) in [6.45, 7) is 3.29. The highest BCUT2D eigenvalue weighted by atomic mass is 16.3. The molecule has 2 aromatic carbocycles. The monoisotopic (exact) mass is 387 g/mol. The Hall–Kier alpha value is -3.02. The van der Waals surface area contributed by atoms with Gasteiger partial charge < -0.3 is 16.2 Å². The molecular weight excluding hydrogens is 362 g/mol. The van der Waals surface area contributed by atoms with Crippen LogP contribution in [0.25, 0.3) is 22.3 Å². The lowest BCUT2D eigenvalue weighted by Gasteiger charge is -2.49. The van der Waals surface area contributed by atoms with Crippen molar-refractivity contribution in [2.75, 3.05) is 5.32 Å². The first kappa shape index (κ1) is 19.3. The summed E-state index contributed by atoms with van der Waals surface area (Å²) >= 11 is 0. The Bertz CT molecular complexity index is 1040. The van der Waals surface area contributed by atoms with Crippen LogP contribution >= 0.6 is 0 Å². The van der Waals surface area contributed by atoms with E-state index in [2.05, 4.69) is 10.3 Å². The predicted octanol–water partition coefficient (Wildman–Crippen LogP) is 4.07. The van der Waals surface area contributed by atoms with Crippen LogP contribution in [0.15, 0.2) is 66.9 Å². The standard InChI is InChI=1S/C24H25N3O2/c1-16(28)27-22-12-20(17-6-4-3-5-7-17)21(13-26-22)18-8-10-19(11-9-18)24(25)14-23(2,29)15-24/h3-13,29H,14-15,25H2,1-2H3,(H,26,27,28). The van der Waals surface area contributed by atoms with Gasteiger partial charge in [-0.15, -0.1) is 0 Å². The highest BCUT2D eigenvalue weighted by molar-refractivity contribution is 5.90. The largest absolute Gasteiger partial charge is 0.390 e. The highest BCUT2D eigenvalue weighted by Gasteiger charge is 2.49. The summed E-state index contributed by atoms with van der Waals surface area (Å²) in [6.07, 6.45) is 2.90. The summed E-state index contributed by atoms with van der Waals surface area (Å²) in [5, 5.41) is 12.8. The van der Waals surface area contributed by atoms with E-state index >= 15 is 0 Å². The zero-order valence-electron chi connectivity index (χ0n) is 16.6. The lowest BCUT2D eigenvalue weighted by atomic mass is 9.63. The predicted molar refractivity (Wildman–Crippen MR) is 115 cm³/mol. The molecule has 148 valence electrons. The molecule has 1 saturated carbocycles. The molecule has 5 heteroatoms. The fraction of sp³-hybridized carbons (Fsp3) is 0.250. The van der Waals surface area contributed by atoms with E-state index in [0.717, 1.165) is 27.8 Å². The van der Waals surface area contributed by atoms with Crippen LogP contribution in [0.4, 0.5) is 5.82 Å². The molecule has 4 N–H and O–H groups in total. The lowest BCUT2D eigenvalue weighted by Crippen LogP contribution is -2.58. The van der Waals surface area contributed by atoms with Crippen molar-refractivity contribution >= 4 is 11.7 Å². The van der Waals surface area contributed by atoms with Gasteiger partial charge in [0.25, 0.3) is 0 Å². The van der Waals surface area contributed by atoms with E-state index in [4.69, 9.17) is 5.73 Å². The lowest BCUT2D eigenvalue weighted by molar-refractivity contribution is -0.114. The van der Waals surface area contributed by atoms with Crippen molar-refractivity contribution in [2.24, 2.45) is 5.73 Å². The van der Waals surface area contributed by atoms with Gasteiger partial charge in [0.1, 0.15) is 5.82 Å². The SMILES string of the molecule is CC(=O)Nc1cc(-c2ccccc2)c(-c2ccc(C3(N)CC(C)(O)C3)cc2)cn1. The number of nitrogens with zero attached hydrogens (tertiary/aromatic N) is 1. The van der Waals surface area contributed by atoms with E-state index < -0.39 is 11.1 Å². The Morgan fingerprint density at radius 2 is 1.66 bits per heavy atom. The molecule has 3 aromatic rings. The number of hydrogen-bond donors (Lipinski definition) is 3. The summed E-state index contributed by atoms with van der Waals surface area (Å²) in [4.78, 5) is 15.9. The number of rotatable bonds is 4. The second-order valence-electron chi connectivity index (χ2n) is 8.25. The van der Waals surface area contributed by atoms with Gasteiger partial charge >= 0.3 is 0 Å². The third-order valence-electron chi connectivity index (χ3n) is 5.46. The van der Waals surface area contributed by atoms with Crippen LogP contribution in [-0.4, -0.2) is 21.6 Å². The zero-order chi connectivity index (χ0) is 20.6. The second-order valence-corrected chi connectivity index (χ2v) is 8.25. The molecule has 1 heterocycles. The minimum Gasteiger partial charge on any atom is -0.390 e. The van der Waals surface area contributed by atoms with Gasteiger partial charge in [-0.1, -0.05) is 54.6 Å². The smallest absolute Gasteiger partial charge is 0.222 e. The number of nitrogens with one attached hydrogen (secondary N) is 1. The van der Waals surface area contributed by atoms with Crippen molar-refractivity contribution in [3.05, 3.63) is 72.4 Å². The van der Waals surface area contributed by atoms with Gasteiger partial charge in [0.05, 0.1) is 5.60 Å². The summed E-state index contributed by atoms with van der Waals surface area (Å²) in [5.74, 6) is 0.368. The number of carbonyl (C=O) groups excluding carboxylic acids is 1. The minimum absolute atomic E-state index is 0.154. The highest BCUT2D eigenvalue weighted by Crippen LogP contribution is 2.46. The van der Waals surface area contributed by atoms with Crippen LogP contribution in [0, 0.1) is 0 Å². The van der Waals surface area contributed by atoms with Gasteiger partial charge in [0, 0.05) is 24.2 Å². The molecule has 0 bridgehead atoms. The normalized spacial score (nSPS) is 23.3. The number of aromatic nitrogens is 1. The molecule has 0 unspecified atom stereocenters. The number of pyridine rings is 1. The fourth-order valence-corrected chi connectivity index (χ4v) is 4.28. The van der Waals surface area contributed by atoms with Crippen molar-refractivity contribution in [1.29, 1.82) is 0 Å². The number of nitrogens with two attached hydrogens (primary N) is 1. The molecule has 0 saturated heterocycles. The Kier molecular flexibility index (Phi) is 4.73. The zero-order valence-corrected chi connectivity index (χ0v) is 16.6. The van der Waals surface area contributed by atoms with Crippen LogP contribution in [0.2, 0.25) is 0 Å². The summed E-state index contributed by atoms with van der Waals surface area (Å²) in [6, 6.07) is 20.1. The van der Waals surface area contributed by atoms with Gasteiger partial charge in [0.15, 0.2) is 0 Å². The second kappa shape index (κ2) is 7.10. The molecule has 4 rings (SSSR count). The van der Waals surface area contributed by atoms with Gasteiger partial charge in [-0.25, -0.2) is 4.98 Å². The number of carbonyl (C=O) groups is 1. The van der Waals surface area contributed by atoms with Crippen LogP contribution < -0.4 is 11.1 Å². The van der Waals surface area contributed by atoms with Crippen molar-refractivity contribution in [3.63, 3.8) is 0 Å². The van der Waals surface area contributed by atoms with Gasteiger partial charge in [-0.05, 0) is 48.1 Å². The number of hydrogen-bond acceptors (Lipinski definition) is 4. The Morgan fingerprint density at radius 3 is 2.24 bits per heavy atom. The summed E-state index contributed by atoms with van der Waals surface area (Å²) < 4.78 is 0. The number of aliphatic hydroxyl groups is 1. The van der Waals surface area contributed by atoms with Crippen LogP contribution in [-0.2, 0) is 10.3 Å². The van der Waals surface area contributed by atoms with E-state index in [0.29, 0.717) is 18.7 Å². The van der Waals surface area contributed by atoms with Crippen molar-refractivity contribution in [3.8, 4) is 22.3 Å². The van der Waals surface area contributed by atoms with Crippen molar-refractivity contribution in [2.45, 2.75) is 37.8 Å². The third kappa shape index (κ3) is 3.92. The first-order valence-corrected chi connectivity index (χ1v) is 9.71. The maximum atomic E-state index is 11.4. The number of anilines is 1. The number of amides is 1. The Labute approximate surface area is 170 Å².